The molecule has 4 heteroatoms. The third-order valence-electron chi connectivity index (χ3n) is 5.98. The van der Waals surface area contributed by atoms with Crippen molar-refractivity contribution in [2.45, 2.75) is 46.1 Å². The number of aromatic carboxylic acids is 1. The third-order valence-corrected chi connectivity index (χ3v) is 5.98. The molecule has 2 heterocycles. The van der Waals surface area contributed by atoms with Crippen LogP contribution in [-0.2, 0) is 6.42 Å². The highest BCUT2D eigenvalue weighted by Crippen LogP contribution is 2.43. The first-order valence-corrected chi connectivity index (χ1v) is 10.0. The molecule has 1 aromatic heterocycles. The molecule has 0 radical (unpaired) electrons. The Bertz CT molecular complexity index is 1040. The highest BCUT2D eigenvalue weighted by Gasteiger charge is 2.30. The summed E-state index contributed by atoms with van der Waals surface area (Å²) >= 11 is 0. The van der Waals surface area contributed by atoms with Crippen LogP contribution in [0.15, 0.2) is 42.5 Å². The highest BCUT2D eigenvalue weighted by atomic mass is 16.4. The van der Waals surface area contributed by atoms with Crippen molar-refractivity contribution in [1.29, 1.82) is 0 Å². The van der Waals surface area contributed by atoms with Gasteiger partial charge in [0.05, 0.1) is 11.2 Å². The smallest absolute Gasteiger partial charge is 0.355 e. The molecule has 1 atom stereocenters. The Morgan fingerprint density at radius 1 is 1.21 bits per heavy atom. The lowest BCUT2D eigenvalue weighted by atomic mass is 9.93. The van der Waals surface area contributed by atoms with Crippen LogP contribution in [0.25, 0.3) is 22.0 Å². The molecule has 1 unspecified atom stereocenters. The number of hydrogen-bond acceptors (Lipinski definition) is 3. The van der Waals surface area contributed by atoms with Crippen LogP contribution < -0.4 is 4.90 Å². The van der Waals surface area contributed by atoms with Crippen molar-refractivity contribution >= 4 is 22.6 Å². The van der Waals surface area contributed by atoms with Gasteiger partial charge in [-0.3, -0.25) is 0 Å². The number of carboxylic acids is 1. The van der Waals surface area contributed by atoms with Crippen LogP contribution in [0, 0.1) is 6.92 Å². The van der Waals surface area contributed by atoms with Gasteiger partial charge in [0.25, 0.3) is 0 Å². The van der Waals surface area contributed by atoms with Crippen LogP contribution in [0.5, 0.6) is 0 Å². The second kappa shape index (κ2) is 7.27. The van der Waals surface area contributed by atoms with E-state index in [1.54, 1.807) is 0 Å². The Balaban J connectivity index is 2.18. The van der Waals surface area contributed by atoms with Crippen LogP contribution in [0.2, 0.25) is 0 Å². The zero-order valence-corrected chi connectivity index (χ0v) is 16.7. The molecule has 1 N–H and O–H groups in total. The maximum Gasteiger partial charge on any atom is 0.355 e. The van der Waals surface area contributed by atoms with E-state index in [0.29, 0.717) is 6.04 Å². The fraction of sp³-hybridized carbons (Fsp3) is 0.333. The van der Waals surface area contributed by atoms with E-state index in [2.05, 4.69) is 36.7 Å². The van der Waals surface area contributed by atoms with Gasteiger partial charge in [-0.05, 0) is 55.9 Å². The first-order valence-electron chi connectivity index (χ1n) is 10.0. The topological polar surface area (TPSA) is 53.4 Å². The van der Waals surface area contributed by atoms with E-state index in [1.165, 1.54) is 11.1 Å². The molecule has 3 aromatic rings. The monoisotopic (exact) mass is 374 g/mol. The maximum atomic E-state index is 12.2. The molecule has 0 spiro atoms. The summed E-state index contributed by atoms with van der Waals surface area (Å²) < 4.78 is 0. The van der Waals surface area contributed by atoms with Crippen molar-refractivity contribution < 1.29 is 9.90 Å². The summed E-state index contributed by atoms with van der Waals surface area (Å²) in [7, 11) is 0. The SMILES string of the molecule is CCc1ccc2nc(C(=O)O)c(-c3ccccc3)c(N3CCCC3C)c2c1C. The fourth-order valence-corrected chi connectivity index (χ4v) is 4.51. The Morgan fingerprint density at radius 2 is 1.96 bits per heavy atom. The van der Waals surface area contributed by atoms with Crippen molar-refractivity contribution in [3.63, 3.8) is 0 Å². The van der Waals surface area contributed by atoms with Crippen LogP contribution in [0.3, 0.4) is 0 Å². The molecule has 1 fully saturated rings. The van der Waals surface area contributed by atoms with Crippen LogP contribution in [-0.4, -0.2) is 28.6 Å². The normalized spacial score (nSPS) is 16.7. The van der Waals surface area contributed by atoms with Gasteiger partial charge in [0.2, 0.25) is 0 Å². The van der Waals surface area contributed by atoms with Crippen molar-refractivity contribution in [3.05, 3.63) is 59.3 Å². The molecule has 144 valence electrons. The molecule has 2 aromatic carbocycles. The van der Waals surface area contributed by atoms with Gasteiger partial charge in [-0.2, -0.15) is 0 Å². The minimum atomic E-state index is -0.980. The number of carboxylic acid groups (broad SMARTS) is 1. The van der Waals surface area contributed by atoms with Gasteiger partial charge in [0, 0.05) is 23.5 Å². The van der Waals surface area contributed by atoms with Gasteiger partial charge in [-0.1, -0.05) is 43.3 Å². The predicted molar refractivity (Wildman–Crippen MR) is 114 cm³/mol. The number of carbonyl (C=O) groups is 1. The van der Waals surface area contributed by atoms with E-state index in [0.717, 1.165) is 53.5 Å². The number of pyridine rings is 1. The molecule has 1 aliphatic rings. The number of aromatic nitrogens is 1. The lowest BCUT2D eigenvalue weighted by molar-refractivity contribution is 0.0692. The minimum Gasteiger partial charge on any atom is -0.476 e. The molecule has 1 saturated heterocycles. The number of aryl methyl sites for hydroxylation is 2. The largest absolute Gasteiger partial charge is 0.476 e. The Labute approximate surface area is 165 Å². The van der Waals surface area contributed by atoms with E-state index in [9.17, 15) is 9.90 Å². The van der Waals surface area contributed by atoms with Gasteiger partial charge in [0.1, 0.15) is 0 Å². The lowest BCUT2D eigenvalue weighted by Crippen LogP contribution is -2.28. The van der Waals surface area contributed by atoms with E-state index in [-0.39, 0.29) is 5.69 Å². The number of hydrogen-bond donors (Lipinski definition) is 1. The van der Waals surface area contributed by atoms with E-state index >= 15 is 0 Å². The summed E-state index contributed by atoms with van der Waals surface area (Å²) in [6.07, 6.45) is 3.18. The quantitative estimate of drug-likeness (QED) is 0.659. The molecule has 28 heavy (non-hydrogen) atoms. The first-order chi connectivity index (χ1) is 13.5. The predicted octanol–water partition coefficient (Wildman–Crippen LogP) is 5.46. The molecule has 4 rings (SSSR count). The molecular weight excluding hydrogens is 348 g/mol. The van der Waals surface area contributed by atoms with Gasteiger partial charge >= 0.3 is 5.97 Å². The zero-order valence-electron chi connectivity index (χ0n) is 16.7. The molecule has 1 aliphatic heterocycles. The average Bonchev–Trinajstić information content (AvgIpc) is 3.13. The van der Waals surface area contributed by atoms with Gasteiger partial charge in [-0.15, -0.1) is 0 Å². The summed E-state index contributed by atoms with van der Waals surface area (Å²) in [6, 6.07) is 14.3. The second-order valence-electron chi connectivity index (χ2n) is 7.64. The van der Waals surface area contributed by atoms with E-state index in [1.807, 2.05) is 36.4 Å². The highest BCUT2D eigenvalue weighted by molar-refractivity contribution is 6.09. The Morgan fingerprint density at radius 3 is 2.57 bits per heavy atom. The zero-order chi connectivity index (χ0) is 19.8. The van der Waals surface area contributed by atoms with E-state index in [4.69, 9.17) is 0 Å². The van der Waals surface area contributed by atoms with Crippen LogP contribution in [0.4, 0.5) is 5.69 Å². The van der Waals surface area contributed by atoms with Crippen molar-refractivity contribution in [1.82, 2.24) is 4.98 Å². The number of anilines is 1. The maximum absolute atomic E-state index is 12.2. The number of rotatable bonds is 4. The third kappa shape index (κ3) is 2.93. The van der Waals surface area contributed by atoms with Crippen molar-refractivity contribution in [3.8, 4) is 11.1 Å². The van der Waals surface area contributed by atoms with E-state index < -0.39 is 5.97 Å². The molecule has 0 amide bonds. The van der Waals surface area contributed by atoms with Crippen molar-refractivity contribution in [2.75, 3.05) is 11.4 Å². The first kappa shape index (κ1) is 18.5. The molecule has 0 saturated carbocycles. The van der Waals surface area contributed by atoms with Crippen LogP contribution in [0.1, 0.15) is 48.3 Å². The minimum absolute atomic E-state index is 0.136. The number of benzene rings is 2. The van der Waals surface area contributed by atoms with Gasteiger partial charge in [0.15, 0.2) is 5.69 Å². The summed E-state index contributed by atoms with van der Waals surface area (Å²) in [6.45, 7) is 7.47. The number of nitrogens with zero attached hydrogens (tertiary/aromatic N) is 2. The summed E-state index contributed by atoms with van der Waals surface area (Å²) in [4.78, 5) is 19.2. The molecule has 0 aliphatic carbocycles. The molecule has 0 bridgehead atoms. The Hall–Kier alpha value is -2.88. The standard InChI is InChI=1S/C24H26N2O2/c1-4-17-12-13-19-20(16(17)3)23(26-14-8-9-15(26)2)21(22(25-19)24(27)28)18-10-6-5-7-11-18/h5-7,10-13,15H,4,8-9,14H2,1-3H3,(H,27,28). The summed E-state index contributed by atoms with van der Waals surface area (Å²) in [5.74, 6) is -0.980. The van der Waals surface area contributed by atoms with Crippen LogP contribution >= 0.6 is 0 Å². The molecule has 4 nitrogen and oxygen atoms in total. The van der Waals surface area contributed by atoms with Gasteiger partial charge in [-0.25, -0.2) is 9.78 Å². The van der Waals surface area contributed by atoms with Gasteiger partial charge < -0.3 is 10.0 Å². The lowest BCUT2D eigenvalue weighted by Gasteiger charge is -2.30. The second-order valence-corrected chi connectivity index (χ2v) is 7.64. The average molecular weight is 374 g/mol. The number of fused-ring (bicyclic) bond motifs is 1. The summed E-state index contributed by atoms with van der Waals surface area (Å²) in [5.41, 5.74) is 6.07. The van der Waals surface area contributed by atoms with Crippen molar-refractivity contribution in [2.24, 2.45) is 0 Å². The summed E-state index contributed by atoms with van der Waals surface area (Å²) in [5, 5.41) is 11.1. The Kier molecular flexibility index (Phi) is 4.80. The molecular formula is C24H26N2O2. The fourth-order valence-electron chi connectivity index (χ4n) is 4.51.